The molecule has 0 radical (unpaired) electrons. The third kappa shape index (κ3) is 4.69. The second kappa shape index (κ2) is 9.00. The van der Waals surface area contributed by atoms with Crippen LogP contribution in [-0.4, -0.2) is 37.1 Å². The van der Waals surface area contributed by atoms with E-state index in [0.717, 1.165) is 24.6 Å². The van der Waals surface area contributed by atoms with Crippen LogP contribution in [0.1, 0.15) is 38.2 Å². The van der Waals surface area contributed by atoms with Crippen LogP contribution in [0.25, 0.3) is 0 Å². The monoisotopic (exact) mass is 447 g/mol. The maximum absolute atomic E-state index is 13.7. The van der Waals surface area contributed by atoms with E-state index in [4.69, 9.17) is 4.74 Å². The fraction of sp³-hybridized carbons (Fsp3) is 0.500. The number of methoxy groups -OCH3 is 1. The summed E-state index contributed by atoms with van der Waals surface area (Å²) in [6.45, 7) is 2.73. The lowest BCUT2D eigenvalue weighted by Crippen LogP contribution is -2.49. The highest BCUT2D eigenvalue weighted by atomic mass is 19.4. The summed E-state index contributed by atoms with van der Waals surface area (Å²) in [4.78, 5) is 21.2. The number of amides is 1. The summed E-state index contributed by atoms with van der Waals surface area (Å²) in [7, 11) is 1.59. The second-order valence-electron chi connectivity index (χ2n) is 8.64. The number of hydrogen-bond donors (Lipinski definition) is 0. The lowest BCUT2D eigenvalue weighted by Gasteiger charge is -2.38. The number of aromatic nitrogens is 1. The Kier molecular flexibility index (Phi) is 6.31. The summed E-state index contributed by atoms with van der Waals surface area (Å²) in [6.07, 6.45) is 0.332. The van der Waals surface area contributed by atoms with Gasteiger partial charge in [0.1, 0.15) is 11.6 Å². The molecule has 1 aliphatic carbocycles. The molecular formula is C24H28F3N3O2. The summed E-state index contributed by atoms with van der Waals surface area (Å²) in [5.41, 5.74) is 0.0348. The van der Waals surface area contributed by atoms with Crippen LogP contribution < -0.4 is 14.5 Å². The van der Waals surface area contributed by atoms with Crippen molar-refractivity contribution in [2.45, 2.75) is 44.8 Å². The summed E-state index contributed by atoms with van der Waals surface area (Å²) in [6, 6.07) is 9.77. The van der Waals surface area contributed by atoms with Gasteiger partial charge in [0.15, 0.2) is 0 Å². The highest BCUT2D eigenvalue weighted by Gasteiger charge is 2.40. The summed E-state index contributed by atoms with van der Waals surface area (Å²) >= 11 is 0. The van der Waals surface area contributed by atoms with Crippen molar-refractivity contribution >= 4 is 17.4 Å². The molecule has 5 nitrogen and oxygen atoms in total. The molecule has 1 aliphatic heterocycles. The number of carbonyl (C=O) groups is 1. The Morgan fingerprint density at radius 3 is 2.53 bits per heavy atom. The van der Waals surface area contributed by atoms with Crippen LogP contribution in [0.15, 0.2) is 42.6 Å². The highest BCUT2D eigenvalue weighted by molar-refractivity contribution is 5.96. The molecule has 1 amide bonds. The van der Waals surface area contributed by atoms with Crippen molar-refractivity contribution in [1.82, 2.24) is 4.98 Å². The van der Waals surface area contributed by atoms with Gasteiger partial charge in [-0.2, -0.15) is 13.2 Å². The average molecular weight is 448 g/mol. The van der Waals surface area contributed by atoms with Crippen LogP contribution in [0.4, 0.5) is 24.7 Å². The lowest BCUT2D eigenvalue weighted by atomic mass is 9.94. The predicted molar refractivity (Wildman–Crippen MR) is 117 cm³/mol. The van der Waals surface area contributed by atoms with Crippen molar-refractivity contribution < 1.29 is 22.7 Å². The zero-order valence-corrected chi connectivity index (χ0v) is 18.3. The van der Waals surface area contributed by atoms with Crippen molar-refractivity contribution in [3.63, 3.8) is 0 Å². The Morgan fingerprint density at radius 1 is 1.19 bits per heavy atom. The van der Waals surface area contributed by atoms with E-state index in [1.54, 1.807) is 12.0 Å². The number of piperidine rings is 1. The van der Waals surface area contributed by atoms with Gasteiger partial charge in [-0.15, -0.1) is 0 Å². The normalized spacial score (nSPS) is 20.0. The van der Waals surface area contributed by atoms with Crippen molar-refractivity contribution in [2.24, 2.45) is 11.8 Å². The maximum atomic E-state index is 13.7. The van der Waals surface area contributed by atoms with E-state index in [-0.39, 0.29) is 24.3 Å². The molecule has 1 aromatic carbocycles. The molecule has 172 valence electrons. The molecule has 1 aromatic heterocycles. The zero-order valence-electron chi connectivity index (χ0n) is 18.3. The molecule has 2 aromatic rings. The smallest absolute Gasteiger partial charge is 0.419 e. The SMILES string of the molecule is COc1ccc(N(C(=O)C2CCCN(c3ncccc3C(F)(F)F)C2)C(C)C2CC2)cc1. The molecule has 2 atom stereocenters. The van der Waals surface area contributed by atoms with Gasteiger partial charge in [0.2, 0.25) is 5.91 Å². The second-order valence-corrected chi connectivity index (χ2v) is 8.64. The number of hydrogen-bond acceptors (Lipinski definition) is 4. The van der Waals surface area contributed by atoms with E-state index < -0.39 is 17.7 Å². The molecule has 32 heavy (non-hydrogen) atoms. The van der Waals surface area contributed by atoms with Crippen LogP contribution in [0.3, 0.4) is 0 Å². The number of alkyl halides is 3. The zero-order chi connectivity index (χ0) is 22.9. The Morgan fingerprint density at radius 2 is 1.91 bits per heavy atom. The van der Waals surface area contributed by atoms with Crippen LogP contribution in [0.2, 0.25) is 0 Å². The fourth-order valence-corrected chi connectivity index (χ4v) is 4.53. The van der Waals surface area contributed by atoms with Crippen molar-refractivity contribution in [1.29, 1.82) is 0 Å². The molecule has 2 aliphatic rings. The number of carbonyl (C=O) groups excluding carboxylic acids is 1. The van der Waals surface area contributed by atoms with Crippen LogP contribution >= 0.6 is 0 Å². The number of rotatable bonds is 6. The number of nitrogens with zero attached hydrogens (tertiary/aromatic N) is 3. The third-order valence-electron chi connectivity index (χ3n) is 6.46. The van der Waals surface area contributed by atoms with E-state index in [0.29, 0.717) is 31.1 Å². The van der Waals surface area contributed by atoms with Crippen LogP contribution in [0.5, 0.6) is 5.75 Å². The van der Waals surface area contributed by atoms with E-state index in [2.05, 4.69) is 11.9 Å². The highest BCUT2D eigenvalue weighted by Crippen LogP contribution is 2.40. The van der Waals surface area contributed by atoms with E-state index in [1.807, 2.05) is 29.2 Å². The standard InChI is InChI=1S/C24H28F3N3O2/c1-16(17-7-8-17)30(19-9-11-20(32-2)12-10-19)23(31)18-5-4-14-29(15-18)22-21(24(25,26)27)6-3-13-28-22/h3,6,9-13,16-18H,4-5,7-8,14-15H2,1-2H3. The quantitative estimate of drug-likeness (QED) is 0.614. The number of ether oxygens (including phenoxy) is 1. The van der Waals surface area contributed by atoms with Crippen molar-refractivity contribution in [2.75, 3.05) is 30.0 Å². The van der Waals surface area contributed by atoms with Crippen LogP contribution in [0, 0.1) is 11.8 Å². The molecule has 4 rings (SSSR count). The van der Waals surface area contributed by atoms with E-state index in [9.17, 15) is 18.0 Å². The van der Waals surface area contributed by atoms with Gasteiger partial charge in [-0.25, -0.2) is 4.98 Å². The predicted octanol–water partition coefficient (Wildman–Crippen LogP) is 5.16. The molecular weight excluding hydrogens is 419 g/mol. The first-order valence-electron chi connectivity index (χ1n) is 11.0. The number of benzene rings is 1. The van der Waals surface area contributed by atoms with Gasteiger partial charge in [0.25, 0.3) is 0 Å². The van der Waals surface area contributed by atoms with Gasteiger partial charge in [0, 0.05) is 31.0 Å². The maximum Gasteiger partial charge on any atom is 0.419 e. The molecule has 2 heterocycles. The largest absolute Gasteiger partial charge is 0.497 e. The molecule has 1 saturated carbocycles. The minimum atomic E-state index is -4.49. The summed E-state index contributed by atoms with van der Waals surface area (Å²) < 4.78 is 45.8. The minimum absolute atomic E-state index is 0.0341. The topological polar surface area (TPSA) is 45.7 Å². The minimum Gasteiger partial charge on any atom is -0.497 e. The van der Waals surface area contributed by atoms with Gasteiger partial charge in [-0.05, 0) is 74.9 Å². The number of pyridine rings is 1. The molecule has 0 N–H and O–H groups in total. The Hall–Kier alpha value is -2.77. The number of halogens is 3. The molecule has 0 bridgehead atoms. The van der Waals surface area contributed by atoms with Gasteiger partial charge >= 0.3 is 6.18 Å². The molecule has 2 fully saturated rings. The first-order chi connectivity index (χ1) is 15.3. The molecule has 8 heteroatoms. The van der Waals surface area contributed by atoms with Gasteiger partial charge in [-0.1, -0.05) is 0 Å². The summed E-state index contributed by atoms with van der Waals surface area (Å²) in [5.74, 6) is 0.634. The van der Waals surface area contributed by atoms with Crippen LogP contribution in [-0.2, 0) is 11.0 Å². The molecule has 1 saturated heterocycles. The summed E-state index contributed by atoms with van der Waals surface area (Å²) in [5, 5.41) is 0. The average Bonchev–Trinajstić information content (AvgIpc) is 3.65. The van der Waals surface area contributed by atoms with Gasteiger partial charge < -0.3 is 14.5 Å². The first kappa shape index (κ1) is 22.4. The molecule has 0 spiro atoms. The Bertz CT molecular complexity index is 944. The fourth-order valence-electron chi connectivity index (χ4n) is 4.53. The van der Waals surface area contributed by atoms with E-state index >= 15 is 0 Å². The first-order valence-corrected chi connectivity index (χ1v) is 11.0. The lowest BCUT2D eigenvalue weighted by molar-refractivity contribution is -0.137. The van der Waals surface area contributed by atoms with Crippen molar-refractivity contribution in [3.8, 4) is 5.75 Å². The third-order valence-corrected chi connectivity index (χ3v) is 6.46. The van der Waals surface area contributed by atoms with Gasteiger partial charge in [-0.3, -0.25) is 4.79 Å². The Balaban J connectivity index is 1.59. The number of anilines is 2. The molecule has 2 unspecified atom stereocenters. The van der Waals surface area contributed by atoms with Crippen molar-refractivity contribution in [3.05, 3.63) is 48.2 Å². The Labute approximate surface area is 186 Å². The van der Waals surface area contributed by atoms with E-state index in [1.165, 1.54) is 12.3 Å². The van der Waals surface area contributed by atoms with Gasteiger partial charge in [0.05, 0.1) is 18.6 Å².